The summed E-state index contributed by atoms with van der Waals surface area (Å²) in [5, 5.41) is 2.98. The van der Waals surface area contributed by atoms with E-state index in [0.717, 1.165) is 5.69 Å². The van der Waals surface area contributed by atoms with Gasteiger partial charge in [0.15, 0.2) is 0 Å². The van der Waals surface area contributed by atoms with E-state index in [1.807, 2.05) is 25.2 Å². The third kappa shape index (κ3) is 5.25. The number of aromatic nitrogens is 1. The molecule has 1 aromatic rings. The zero-order chi connectivity index (χ0) is 13.2. The molecule has 0 saturated heterocycles. The summed E-state index contributed by atoms with van der Waals surface area (Å²) < 4.78 is 5.03. The lowest BCUT2D eigenvalue weighted by molar-refractivity contribution is -0.132. The van der Waals surface area contributed by atoms with Gasteiger partial charge in [0.2, 0.25) is 5.91 Å². The number of ether oxygens (including phenoxy) is 1. The predicted octanol–water partition coefficient (Wildman–Crippen LogP) is 0.666. The van der Waals surface area contributed by atoms with Crippen LogP contribution in [0.25, 0.3) is 0 Å². The van der Waals surface area contributed by atoms with E-state index < -0.39 is 0 Å². The van der Waals surface area contributed by atoms with Crippen molar-refractivity contribution < 1.29 is 9.53 Å². The minimum absolute atomic E-state index is 0.118. The standard InChI is InChI=1S/C13H21N3O2/c1-14-8-6-13(17)16(9-10-18-2)11-12-5-3-4-7-15-12/h3-5,7,14H,6,8-11H2,1-2H3. The Morgan fingerprint density at radius 3 is 2.94 bits per heavy atom. The van der Waals surface area contributed by atoms with Gasteiger partial charge in [-0.1, -0.05) is 6.07 Å². The molecule has 0 radical (unpaired) electrons. The van der Waals surface area contributed by atoms with Crippen LogP contribution in [0.15, 0.2) is 24.4 Å². The Labute approximate surface area is 108 Å². The molecule has 0 aromatic carbocycles. The molecule has 0 saturated carbocycles. The molecule has 0 aliphatic carbocycles. The Bertz CT molecular complexity index is 343. The molecule has 1 amide bonds. The van der Waals surface area contributed by atoms with E-state index in [-0.39, 0.29) is 5.91 Å². The van der Waals surface area contributed by atoms with Crippen molar-refractivity contribution in [3.8, 4) is 0 Å². The van der Waals surface area contributed by atoms with Crippen LogP contribution in [0.5, 0.6) is 0 Å². The summed E-state index contributed by atoms with van der Waals surface area (Å²) in [6.07, 6.45) is 2.23. The first kappa shape index (κ1) is 14.6. The van der Waals surface area contributed by atoms with Crippen molar-refractivity contribution in [3.05, 3.63) is 30.1 Å². The van der Waals surface area contributed by atoms with Crippen molar-refractivity contribution in [2.75, 3.05) is 33.9 Å². The number of pyridine rings is 1. The number of methoxy groups -OCH3 is 1. The second-order valence-electron chi connectivity index (χ2n) is 3.98. The molecule has 0 unspecified atom stereocenters. The molecule has 5 nitrogen and oxygen atoms in total. The van der Waals surface area contributed by atoms with Crippen LogP contribution in [-0.4, -0.2) is 49.6 Å². The first-order valence-corrected chi connectivity index (χ1v) is 6.09. The van der Waals surface area contributed by atoms with E-state index in [4.69, 9.17) is 4.74 Å². The van der Waals surface area contributed by atoms with Crippen LogP contribution in [-0.2, 0) is 16.1 Å². The van der Waals surface area contributed by atoms with E-state index in [2.05, 4.69) is 10.3 Å². The maximum absolute atomic E-state index is 12.0. The Morgan fingerprint density at radius 1 is 1.50 bits per heavy atom. The first-order valence-electron chi connectivity index (χ1n) is 6.09. The fraction of sp³-hybridized carbons (Fsp3) is 0.538. The van der Waals surface area contributed by atoms with Crippen LogP contribution in [0.2, 0.25) is 0 Å². The Kier molecular flexibility index (Phi) is 6.98. The maximum atomic E-state index is 12.0. The van der Waals surface area contributed by atoms with Crippen LogP contribution >= 0.6 is 0 Å². The zero-order valence-corrected chi connectivity index (χ0v) is 11.1. The second-order valence-corrected chi connectivity index (χ2v) is 3.98. The molecule has 0 fully saturated rings. The summed E-state index contributed by atoms with van der Waals surface area (Å²) in [6.45, 7) is 2.35. The van der Waals surface area contributed by atoms with Crippen molar-refractivity contribution >= 4 is 5.91 Å². The Morgan fingerprint density at radius 2 is 2.33 bits per heavy atom. The molecular formula is C13H21N3O2. The highest BCUT2D eigenvalue weighted by Crippen LogP contribution is 2.03. The lowest BCUT2D eigenvalue weighted by Gasteiger charge is -2.22. The number of hydrogen-bond donors (Lipinski definition) is 1. The van der Waals surface area contributed by atoms with Crippen LogP contribution in [0.1, 0.15) is 12.1 Å². The average Bonchev–Trinajstić information content (AvgIpc) is 2.42. The largest absolute Gasteiger partial charge is 0.383 e. The van der Waals surface area contributed by atoms with Gasteiger partial charge in [0, 0.05) is 32.8 Å². The van der Waals surface area contributed by atoms with E-state index in [9.17, 15) is 4.79 Å². The predicted molar refractivity (Wildman–Crippen MR) is 70.1 cm³/mol. The van der Waals surface area contributed by atoms with E-state index in [1.165, 1.54) is 0 Å². The minimum Gasteiger partial charge on any atom is -0.383 e. The smallest absolute Gasteiger partial charge is 0.224 e. The highest BCUT2D eigenvalue weighted by molar-refractivity contribution is 5.76. The molecule has 1 N–H and O–H groups in total. The minimum atomic E-state index is 0.118. The molecule has 0 spiro atoms. The molecule has 0 atom stereocenters. The fourth-order valence-corrected chi connectivity index (χ4v) is 1.57. The molecule has 1 aromatic heterocycles. The van der Waals surface area contributed by atoms with Crippen molar-refractivity contribution in [1.29, 1.82) is 0 Å². The molecule has 0 aliphatic rings. The van der Waals surface area contributed by atoms with Gasteiger partial charge in [-0.05, 0) is 19.2 Å². The number of nitrogens with zero attached hydrogens (tertiary/aromatic N) is 2. The Hall–Kier alpha value is -1.46. The molecule has 0 bridgehead atoms. The van der Waals surface area contributed by atoms with Gasteiger partial charge in [-0.2, -0.15) is 0 Å². The number of carbonyl (C=O) groups excluding carboxylic acids is 1. The number of nitrogens with one attached hydrogen (secondary N) is 1. The fourth-order valence-electron chi connectivity index (χ4n) is 1.57. The van der Waals surface area contributed by atoms with E-state index in [0.29, 0.717) is 32.7 Å². The number of amides is 1. The zero-order valence-electron chi connectivity index (χ0n) is 11.1. The molecule has 1 rings (SSSR count). The summed E-state index contributed by atoms with van der Waals surface area (Å²) >= 11 is 0. The first-order chi connectivity index (χ1) is 8.77. The molecule has 100 valence electrons. The lowest BCUT2D eigenvalue weighted by atomic mass is 10.3. The summed E-state index contributed by atoms with van der Waals surface area (Å²) in [4.78, 5) is 18.0. The second kappa shape index (κ2) is 8.60. The van der Waals surface area contributed by atoms with Crippen molar-refractivity contribution in [3.63, 3.8) is 0 Å². The molecular weight excluding hydrogens is 230 g/mol. The van der Waals surface area contributed by atoms with Gasteiger partial charge in [0.25, 0.3) is 0 Å². The van der Waals surface area contributed by atoms with Crippen LogP contribution in [0.3, 0.4) is 0 Å². The van der Waals surface area contributed by atoms with E-state index >= 15 is 0 Å². The summed E-state index contributed by atoms with van der Waals surface area (Å²) in [5.74, 6) is 0.118. The van der Waals surface area contributed by atoms with Gasteiger partial charge in [-0.15, -0.1) is 0 Å². The molecule has 1 heterocycles. The summed E-state index contributed by atoms with van der Waals surface area (Å²) in [7, 11) is 3.47. The van der Waals surface area contributed by atoms with Crippen LogP contribution in [0, 0.1) is 0 Å². The molecule has 18 heavy (non-hydrogen) atoms. The van der Waals surface area contributed by atoms with Gasteiger partial charge in [-0.3, -0.25) is 9.78 Å². The lowest BCUT2D eigenvalue weighted by Crippen LogP contribution is -2.35. The topological polar surface area (TPSA) is 54.5 Å². The molecule has 5 heteroatoms. The third-order valence-corrected chi connectivity index (χ3v) is 2.59. The number of carbonyl (C=O) groups is 1. The highest BCUT2D eigenvalue weighted by atomic mass is 16.5. The highest BCUT2D eigenvalue weighted by Gasteiger charge is 2.13. The van der Waals surface area contributed by atoms with Crippen LogP contribution < -0.4 is 5.32 Å². The quantitative estimate of drug-likeness (QED) is 0.737. The monoisotopic (exact) mass is 251 g/mol. The Balaban J connectivity index is 2.57. The van der Waals surface area contributed by atoms with Crippen molar-refractivity contribution in [2.24, 2.45) is 0 Å². The average molecular weight is 251 g/mol. The van der Waals surface area contributed by atoms with Gasteiger partial charge in [0.1, 0.15) is 0 Å². The molecule has 0 aliphatic heterocycles. The van der Waals surface area contributed by atoms with Gasteiger partial charge >= 0.3 is 0 Å². The summed E-state index contributed by atoms with van der Waals surface area (Å²) in [6, 6.07) is 5.71. The van der Waals surface area contributed by atoms with Gasteiger partial charge in [-0.25, -0.2) is 0 Å². The van der Waals surface area contributed by atoms with Crippen molar-refractivity contribution in [2.45, 2.75) is 13.0 Å². The van der Waals surface area contributed by atoms with Gasteiger partial charge in [0.05, 0.1) is 18.8 Å². The number of hydrogen-bond acceptors (Lipinski definition) is 4. The third-order valence-electron chi connectivity index (χ3n) is 2.59. The van der Waals surface area contributed by atoms with E-state index in [1.54, 1.807) is 18.2 Å². The maximum Gasteiger partial charge on any atom is 0.224 e. The normalized spacial score (nSPS) is 10.3. The van der Waals surface area contributed by atoms with Gasteiger partial charge < -0.3 is 15.0 Å². The summed E-state index contributed by atoms with van der Waals surface area (Å²) in [5.41, 5.74) is 0.895. The van der Waals surface area contributed by atoms with Crippen LogP contribution in [0.4, 0.5) is 0 Å². The van der Waals surface area contributed by atoms with Crippen molar-refractivity contribution in [1.82, 2.24) is 15.2 Å². The number of rotatable bonds is 8. The SMILES string of the molecule is CNCCC(=O)N(CCOC)Cc1ccccn1.